The zero-order valence-corrected chi connectivity index (χ0v) is 27.3. The molecular weight excluding hydrogens is 634 g/mol. The van der Waals surface area contributed by atoms with Crippen LogP contribution in [0.4, 0.5) is 0 Å². The van der Waals surface area contributed by atoms with Gasteiger partial charge in [0.25, 0.3) is 0 Å². The minimum absolute atomic E-state index is 0. The fourth-order valence-corrected chi connectivity index (χ4v) is 6.73. The quantitative estimate of drug-likeness (QED) is 0.0252. The molecule has 3 saturated heterocycles. The van der Waals surface area contributed by atoms with Gasteiger partial charge in [0.15, 0.2) is 0 Å². The largest absolute Gasteiger partial charge is 1.00 e. The Balaban J connectivity index is 0.00000462. The van der Waals surface area contributed by atoms with E-state index in [4.69, 9.17) is 41.9 Å². The molecule has 14 atom stereocenters. The van der Waals surface area contributed by atoms with E-state index in [1.807, 2.05) is 0 Å². The van der Waals surface area contributed by atoms with E-state index in [0.717, 1.165) is 0 Å². The van der Waals surface area contributed by atoms with Crippen molar-refractivity contribution >= 4 is 18.2 Å². The van der Waals surface area contributed by atoms with Crippen molar-refractivity contribution in [3.63, 3.8) is 0 Å². The second-order valence-corrected chi connectivity index (χ2v) is 13.2. The van der Waals surface area contributed by atoms with E-state index in [2.05, 4.69) is 0 Å². The molecule has 24 heteroatoms. The Bertz CT molecular complexity index is 871. The molecule has 3 rings (SSSR count). The van der Waals surface area contributed by atoms with Gasteiger partial charge in [0.05, 0.1) is 0 Å². The first-order valence-corrected chi connectivity index (χ1v) is 14.7. The maximum absolute atomic E-state index is 10.4. The molecule has 0 bridgehead atoms. The average Bonchev–Trinajstić information content (AvgIpc) is 3.65. The van der Waals surface area contributed by atoms with E-state index in [1.54, 1.807) is 0 Å². The van der Waals surface area contributed by atoms with Gasteiger partial charge in [0.2, 0.25) is 0 Å². The van der Waals surface area contributed by atoms with Crippen molar-refractivity contribution in [2.24, 2.45) is 0 Å². The molecule has 0 aromatic carbocycles. The van der Waals surface area contributed by atoms with Crippen molar-refractivity contribution in [2.45, 2.75) is 85.5 Å². The van der Waals surface area contributed by atoms with E-state index in [1.165, 1.54) is 0 Å². The number of aliphatic hydroxyl groups is 13. The fourth-order valence-electron chi connectivity index (χ4n) is 4.06. The van der Waals surface area contributed by atoms with Crippen molar-refractivity contribution in [3.05, 3.63) is 0 Å². The normalized spacial score (nSPS) is 42.0. The molecule has 0 aliphatic carbocycles. The summed E-state index contributed by atoms with van der Waals surface area (Å²) in [6, 6.07) is 0. The van der Waals surface area contributed by atoms with Gasteiger partial charge in [-0.3, -0.25) is 0 Å². The van der Waals surface area contributed by atoms with Crippen LogP contribution in [0.1, 0.15) is 1.43 Å². The molecule has 3 fully saturated rings. The number of hydrogen-bond acceptors (Lipinski definition) is 21. The van der Waals surface area contributed by atoms with Gasteiger partial charge < -0.3 is 1.43 Å². The van der Waals surface area contributed by atoms with Gasteiger partial charge in [-0.05, 0) is 0 Å². The second kappa shape index (κ2) is 15.1. The third kappa shape index (κ3) is 7.67. The van der Waals surface area contributed by atoms with Crippen molar-refractivity contribution in [1.29, 1.82) is 0 Å². The number of aliphatic hydroxyl groups excluding tert-OH is 13. The molecule has 0 spiro atoms. The van der Waals surface area contributed by atoms with Crippen molar-refractivity contribution in [1.82, 2.24) is 0 Å². The Hall–Kier alpha value is 0.807. The van der Waals surface area contributed by atoms with Gasteiger partial charge in [-0.2, -0.15) is 0 Å². The van der Waals surface area contributed by atoms with Crippen LogP contribution in [-0.4, -0.2) is 189 Å². The van der Waals surface area contributed by atoms with Crippen LogP contribution in [0.15, 0.2) is 0 Å². The zero-order valence-electron chi connectivity index (χ0n) is 23.4. The molecule has 0 amide bonds. The Morgan fingerprint density at radius 3 is 1.93 bits per heavy atom. The molecule has 13 N–H and O–H groups in total. The molecule has 42 heavy (non-hydrogen) atoms. The smallest absolute Gasteiger partial charge is 1.00 e. The topological polar surface area (TPSA) is 343 Å². The number of rotatable bonds is 15. The molecule has 0 radical (unpaired) electrons. The van der Waals surface area contributed by atoms with Crippen LogP contribution in [0.3, 0.4) is 0 Å². The SMILES string of the molecule is OC[C@@H](O)[C@@H](O)[C@H](O)[C@H](O)C(O)OP1(O[SiH3])(OC[C@H]2O[C@H](O[C@]3(CO)O[C@H](CO)[C@@H](O)[C@@H]3O)[C@H](O)[C@@H](O)[C@@H]2O)OO1.[H-].[Na+]. The van der Waals surface area contributed by atoms with Crippen LogP contribution < -0.4 is 29.6 Å². The van der Waals surface area contributed by atoms with Crippen LogP contribution in [-0.2, 0) is 36.8 Å². The predicted molar refractivity (Wildman–Crippen MR) is 127 cm³/mol. The first kappa shape index (κ1) is 39.0. The Labute approximate surface area is 263 Å². The summed E-state index contributed by atoms with van der Waals surface area (Å²) >= 11 is 0. The summed E-state index contributed by atoms with van der Waals surface area (Å²) < 4.78 is 41.0. The van der Waals surface area contributed by atoms with Crippen molar-refractivity contribution in [3.8, 4) is 0 Å². The van der Waals surface area contributed by atoms with E-state index in [-0.39, 0.29) is 41.5 Å². The van der Waals surface area contributed by atoms with Crippen LogP contribution >= 0.6 is 7.74 Å². The minimum Gasteiger partial charge on any atom is -1.00 e. The van der Waals surface area contributed by atoms with Gasteiger partial charge in [-0.15, -0.1) is 0 Å². The molecule has 3 aliphatic heterocycles. The molecule has 3 aliphatic rings. The summed E-state index contributed by atoms with van der Waals surface area (Å²) in [6.07, 6.45) is -25.8. The van der Waals surface area contributed by atoms with Gasteiger partial charge in [-0.25, -0.2) is 0 Å². The predicted octanol–water partition coefficient (Wildman–Crippen LogP) is -12.1. The summed E-state index contributed by atoms with van der Waals surface area (Å²) in [5.41, 5.74) is 0. The molecule has 21 nitrogen and oxygen atoms in total. The minimum atomic E-state index is -5.17. The van der Waals surface area contributed by atoms with E-state index < -0.39 is 120 Å². The summed E-state index contributed by atoms with van der Waals surface area (Å²) in [5.74, 6) is -2.44. The summed E-state index contributed by atoms with van der Waals surface area (Å²) in [6.45, 7) is -3.78. The van der Waals surface area contributed by atoms with Crippen LogP contribution in [0.2, 0.25) is 0 Å². The number of ether oxygens (including phenoxy) is 3. The Morgan fingerprint density at radius 2 is 1.45 bits per heavy atom. The maximum atomic E-state index is 10.4. The van der Waals surface area contributed by atoms with Crippen molar-refractivity contribution < 1.29 is 134 Å². The first-order valence-electron chi connectivity index (χ1n) is 12.1. The monoisotopic (exact) mass is 672 g/mol. The molecular formula is C18H38NaO21PSi. The molecule has 3 heterocycles. The second-order valence-electron chi connectivity index (χ2n) is 9.47. The van der Waals surface area contributed by atoms with Gasteiger partial charge >= 0.3 is 263 Å². The summed E-state index contributed by atoms with van der Waals surface area (Å²) in [4.78, 5) is 0. The fraction of sp³-hybridized carbons (Fsp3) is 1.00. The van der Waals surface area contributed by atoms with Crippen LogP contribution in [0.5, 0.6) is 0 Å². The Kier molecular flexibility index (Phi) is 14.1. The van der Waals surface area contributed by atoms with E-state index in [0.29, 0.717) is 0 Å². The van der Waals surface area contributed by atoms with Gasteiger partial charge in [-0.1, -0.05) is 0 Å². The first-order chi connectivity index (χ1) is 19.1. The molecule has 0 aromatic rings. The van der Waals surface area contributed by atoms with Gasteiger partial charge in [0, 0.05) is 0 Å². The number of hydrogen-bond donors (Lipinski definition) is 13. The molecule has 246 valence electrons. The zero-order chi connectivity index (χ0) is 30.9. The van der Waals surface area contributed by atoms with Crippen molar-refractivity contribution in [2.75, 3.05) is 26.4 Å². The molecule has 0 saturated carbocycles. The third-order valence-corrected chi connectivity index (χ3v) is 10.8. The van der Waals surface area contributed by atoms with Crippen LogP contribution in [0, 0.1) is 0 Å². The summed E-state index contributed by atoms with van der Waals surface area (Å²) in [7, 11) is -5.44. The standard InChI is InChI=1S/C18H37O21PSi.Na.H/c19-1-5(22)8(23)11(26)13(28)16(31)36-40(39-41,37-38-40)32-3-7-9(24)12(27)14(29)17(33-7)35-18(4-21)15(30)10(25)6(2-20)34-18;;/h5-17,19-31H,1-4H2,41H3;;/q;+1;-1/t5-,6-,7-,8-,9-,10-,11+,12+,13+,14-,15+,16?,17-,18+;;/m1../s1. The summed E-state index contributed by atoms with van der Waals surface area (Å²) in [5, 5.41) is 129. The molecule has 1 unspecified atom stereocenters. The van der Waals surface area contributed by atoms with E-state index in [9.17, 15) is 61.3 Å². The maximum Gasteiger partial charge on any atom is 1.00 e. The Morgan fingerprint density at radius 1 is 0.833 bits per heavy atom. The van der Waals surface area contributed by atoms with E-state index >= 15 is 0 Å². The van der Waals surface area contributed by atoms with Crippen LogP contribution in [0.25, 0.3) is 0 Å². The molecule has 0 aromatic heterocycles. The van der Waals surface area contributed by atoms with Gasteiger partial charge in [0.1, 0.15) is 0 Å². The third-order valence-electron chi connectivity index (χ3n) is 6.75. The average molecular weight is 673 g/mol.